The molecule has 0 saturated carbocycles. The van der Waals surface area contributed by atoms with Gasteiger partial charge in [0.25, 0.3) is 5.91 Å². The molecule has 1 unspecified atom stereocenters. The molecule has 1 atom stereocenters. The van der Waals surface area contributed by atoms with Crippen LogP contribution in [0.15, 0.2) is 66.9 Å². The van der Waals surface area contributed by atoms with Crippen molar-refractivity contribution in [3.8, 4) is 0 Å². The molecule has 6 nitrogen and oxygen atoms in total. The summed E-state index contributed by atoms with van der Waals surface area (Å²) in [7, 11) is 0. The van der Waals surface area contributed by atoms with Crippen molar-refractivity contribution in [3.05, 3.63) is 95.3 Å². The minimum Gasteiger partial charge on any atom is -0.348 e. The van der Waals surface area contributed by atoms with Crippen LogP contribution in [0.25, 0.3) is 5.65 Å². The fourth-order valence-electron chi connectivity index (χ4n) is 4.80. The van der Waals surface area contributed by atoms with Gasteiger partial charge < -0.3 is 10.2 Å². The second-order valence-electron chi connectivity index (χ2n) is 9.65. The van der Waals surface area contributed by atoms with E-state index in [1.165, 1.54) is 24.4 Å². The number of carbonyl (C=O) groups excluding carboxylic acids is 1. The maximum absolute atomic E-state index is 13.8. The number of hydrogen-bond donors (Lipinski definition) is 1. The van der Waals surface area contributed by atoms with Gasteiger partial charge in [0.2, 0.25) is 0 Å². The van der Waals surface area contributed by atoms with Crippen molar-refractivity contribution in [2.45, 2.75) is 44.7 Å². The van der Waals surface area contributed by atoms with Gasteiger partial charge >= 0.3 is 0 Å². The molecule has 1 N–H and O–H groups in total. The van der Waals surface area contributed by atoms with E-state index in [0.29, 0.717) is 23.6 Å². The fourth-order valence-corrected chi connectivity index (χ4v) is 4.80. The Kier molecular flexibility index (Phi) is 5.96. The summed E-state index contributed by atoms with van der Waals surface area (Å²) < 4.78 is 28.6. The minimum absolute atomic E-state index is 0.0195. The molecule has 4 aromatic rings. The zero-order valence-corrected chi connectivity index (χ0v) is 19.7. The molecule has 2 aromatic heterocycles. The highest BCUT2D eigenvalue weighted by molar-refractivity contribution is 5.93. The molecule has 1 saturated heterocycles. The zero-order chi connectivity index (χ0) is 24.6. The summed E-state index contributed by atoms with van der Waals surface area (Å²) in [5.41, 5.74) is 2.16. The van der Waals surface area contributed by atoms with Crippen LogP contribution in [-0.4, -0.2) is 32.6 Å². The summed E-state index contributed by atoms with van der Waals surface area (Å²) in [4.78, 5) is 19.7. The fraction of sp³-hybridized carbons (Fsp3) is 0.296. The number of imidazole rings is 1. The van der Waals surface area contributed by atoms with Crippen molar-refractivity contribution in [2.24, 2.45) is 0 Å². The predicted molar refractivity (Wildman–Crippen MR) is 130 cm³/mol. The maximum atomic E-state index is 13.8. The Bertz CT molecular complexity index is 1370. The molecule has 0 spiro atoms. The van der Waals surface area contributed by atoms with Crippen molar-refractivity contribution in [1.82, 2.24) is 19.9 Å². The second kappa shape index (κ2) is 9.09. The van der Waals surface area contributed by atoms with E-state index in [9.17, 15) is 13.6 Å². The van der Waals surface area contributed by atoms with Gasteiger partial charge in [0.05, 0.1) is 12.2 Å². The monoisotopic (exact) mass is 475 g/mol. The van der Waals surface area contributed by atoms with E-state index < -0.39 is 5.54 Å². The lowest BCUT2D eigenvalue weighted by atomic mass is 9.94. The number of anilines is 1. The first-order valence-electron chi connectivity index (χ1n) is 11.7. The van der Waals surface area contributed by atoms with Crippen molar-refractivity contribution < 1.29 is 13.6 Å². The molecular weight excluding hydrogens is 448 g/mol. The van der Waals surface area contributed by atoms with Crippen LogP contribution < -0.4 is 10.2 Å². The maximum Gasteiger partial charge on any atom is 0.272 e. The van der Waals surface area contributed by atoms with E-state index in [1.807, 2.05) is 32.0 Å². The topological polar surface area (TPSA) is 62.5 Å². The van der Waals surface area contributed by atoms with E-state index in [1.54, 1.807) is 28.8 Å². The van der Waals surface area contributed by atoms with E-state index >= 15 is 0 Å². The van der Waals surface area contributed by atoms with Crippen molar-refractivity contribution in [3.63, 3.8) is 0 Å². The van der Waals surface area contributed by atoms with Crippen molar-refractivity contribution >= 4 is 17.4 Å². The Balaban J connectivity index is 1.39. The average Bonchev–Trinajstić information content (AvgIpc) is 3.47. The standard InChI is InChI=1S/C27H27F2N5O/c1-27(2,16-18-8-10-20(28)11-9-18)31-26(35)23-17-30-24-12-13-25(32-34(23)24)33-14-4-7-22(33)19-5-3-6-21(29)15-19/h3,5-6,8-13,15,17,22H,4,7,14,16H2,1-2H3,(H,31,35). The zero-order valence-electron chi connectivity index (χ0n) is 19.7. The van der Waals surface area contributed by atoms with Gasteiger partial charge in [0.15, 0.2) is 11.3 Å². The number of nitrogens with zero attached hydrogens (tertiary/aromatic N) is 4. The highest BCUT2D eigenvalue weighted by Crippen LogP contribution is 2.35. The molecule has 0 aliphatic carbocycles. The molecule has 1 aliphatic heterocycles. The number of hydrogen-bond acceptors (Lipinski definition) is 4. The van der Waals surface area contributed by atoms with Crippen molar-refractivity contribution in [2.75, 3.05) is 11.4 Å². The third-order valence-corrected chi connectivity index (χ3v) is 6.37. The number of fused-ring (bicyclic) bond motifs is 1. The molecule has 1 aliphatic rings. The molecular formula is C27H27F2N5O. The lowest BCUT2D eigenvalue weighted by molar-refractivity contribution is 0.0905. The van der Waals surface area contributed by atoms with Crippen LogP contribution in [0.1, 0.15) is 54.3 Å². The molecule has 0 radical (unpaired) electrons. The second-order valence-corrected chi connectivity index (χ2v) is 9.65. The van der Waals surface area contributed by atoms with Crippen LogP contribution in [-0.2, 0) is 6.42 Å². The lowest BCUT2D eigenvalue weighted by Gasteiger charge is -2.27. The number of rotatable bonds is 6. The molecule has 2 aromatic carbocycles. The van der Waals surface area contributed by atoms with Crippen LogP contribution in [0, 0.1) is 11.6 Å². The van der Waals surface area contributed by atoms with E-state index in [4.69, 9.17) is 5.10 Å². The minimum atomic E-state index is -0.575. The Morgan fingerprint density at radius 1 is 1.09 bits per heavy atom. The van der Waals surface area contributed by atoms with Crippen LogP contribution in [0.5, 0.6) is 0 Å². The summed E-state index contributed by atoms with van der Waals surface area (Å²) in [6, 6.07) is 16.7. The summed E-state index contributed by atoms with van der Waals surface area (Å²) in [6.45, 7) is 4.63. The molecule has 180 valence electrons. The Morgan fingerprint density at radius 3 is 2.66 bits per heavy atom. The number of amides is 1. The van der Waals surface area contributed by atoms with Crippen molar-refractivity contribution in [1.29, 1.82) is 0 Å². The summed E-state index contributed by atoms with van der Waals surface area (Å²) >= 11 is 0. The average molecular weight is 476 g/mol. The van der Waals surface area contributed by atoms with Gasteiger partial charge in [0, 0.05) is 12.1 Å². The van der Waals surface area contributed by atoms with Gasteiger partial charge in [-0.2, -0.15) is 0 Å². The number of aromatic nitrogens is 3. The van der Waals surface area contributed by atoms with Crippen LogP contribution in [0.4, 0.5) is 14.6 Å². The number of halogens is 2. The SMILES string of the molecule is CC(C)(Cc1ccc(F)cc1)NC(=O)c1cnc2ccc(N3CCCC3c3cccc(F)c3)nn12. The van der Waals surface area contributed by atoms with Crippen LogP contribution >= 0.6 is 0 Å². The van der Waals surface area contributed by atoms with E-state index in [0.717, 1.165) is 30.5 Å². The highest BCUT2D eigenvalue weighted by atomic mass is 19.1. The molecule has 1 fully saturated rings. The van der Waals surface area contributed by atoms with E-state index in [2.05, 4.69) is 15.2 Å². The van der Waals surface area contributed by atoms with Crippen LogP contribution in [0.3, 0.4) is 0 Å². The van der Waals surface area contributed by atoms with E-state index in [-0.39, 0.29) is 23.6 Å². The predicted octanol–water partition coefficient (Wildman–Crippen LogP) is 5.10. The molecule has 1 amide bonds. The number of benzene rings is 2. The normalized spacial score (nSPS) is 16.1. The Morgan fingerprint density at radius 2 is 1.89 bits per heavy atom. The highest BCUT2D eigenvalue weighted by Gasteiger charge is 2.29. The summed E-state index contributed by atoms with van der Waals surface area (Å²) in [6.07, 6.45) is 3.93. The first kappa shape index (κ1) is 23.0. The van der Waals surface area contributed by atoms with Gasteiger partial charge in [-0.15, -0.1) is 5.10 Å². The largest absolute Gasteiger partial charge is 0.348 e. The van der Waals surface area contributed by atoms with Gasteiger partial charge in [-0.05, 0) is 80.6 Å². The Hall–Kier alpha value is -3.81. The first-order valence-corrected chi connectivity index (χ1v) is 11.7. The first-order chi connectivity index (χ1) is 16.8. The van der Waals surface area contributed by atoms with Crippen LogP contribution in [0.2, 0.25) is 0 Å². The third-order valence-electron chi connectivity index (χ3n) is 6.37. The molecule has 0 bridgehead atoms. The summed E-state index contributed by atoms with van der Waals surface area (Å²) in [5.74, 6) is -0.130. The quantitative estimate of drug-likeness (QED) is 0.422. The van der Waals surface area contributed by atoms with Gasteiger partial charge in [-0.3, -0.25) is 4.79 Å². The third kappa shape index (κ3) is 4.87. The molecule has 35 heavy (non-hydrogen) atoms. The smallest absolute Gasteiger partial charge is 0.272 e. The Labute approximate surface area is 202 Å². The van der Waals surface area contributed by atoms with Gasteiger partial charge in [-0.25, -0.2) is 18.3 Å². The molecule has 5 rings (SSSR count). The molecule has 8 heteroatoms. The summed E-state index contributed by atoms with van der Waals surface area (Å²) in [5, 5.41) is 7.80. The number of nitrogens with one attached hydrogen (secondary N) is 1. The lowest BCUT2D eigenvalue weighted by Crippen LogP contribution is -2.45. The number of carbonyl (C=O) groups is 1. The van der Waals surface area contributed by atoms with Gasteiger partial charge in [-0.1, -0.05) is 24.3 Å². The molecule has 3 heterocycles. The van der Waals surface area contributed by atoms with Gasteiger partial charge in [0.1, 0.15) is 17.5 Å².